The summed E-state index contributed by atoms with van der Waals surface area (Å²) in [6.45, 7) is 0. The molecule has 132 valence electrons. The Hall–Kier alpha value is -2.71. The molecule has 0 fully saturated rings. The van der Waals surface area contributed by atoms with Crippen LogP contribution < -0.4 is 10.0 Å². The van der Waals surface area contributed by atoms with E-state index in [0.29, 0.717) is 15.7 Å². The number of benzene rings is 2. The lowest BCUT2D eigenvalue weighted by Gasteiger charge is -2.09. The second-order valence-electron chi connectivity index (χ2n) is 5.28. The number of halogens is 1. The molecule has 1 heterocycles. The molecule has 0 saturated heterocycles. The average Bonchev–Trinajstić information content (AvgIpc) is 2.63. The third kappa shape index (κ3) is 4.27. The van der Waals surface area contributed by atoms with Gasteiger partial charge in [-0.3, -0.25) is 9.52 Å². The van der Waals surface area contributed by atoms with Gasteiger partial charge in [-0.1, -0.05) is 18.2 Å². The van der Waals surface area contributed by atoms with Crippen LogP contribution in [0.1, 0.15) is 10.4 Å². The molecular formula is C18H14BrN3O3S. The van der Waals surface area contributed by atoms with E-state index in [1.165, 1.54) is 30.5 Å². The van der Waals surface area contributed by atoms with Gasteiger partial charge >= 0.3 is 0 Å². The quantitative estimate of drug-likeness (QED) is 0.640. The van der Waals surface area contributed by atoms with Gasteiger partial charge in [-0.05, 0) is 64.5 Å². The van der Waals surface area contributed by atoms with Crippen LogP contribution in [0, 0.1) is 0 Å². The number of nitrogens with zero attached hydrogens (tertiary/aromatic N) is 1. The molecule has 6 nitrogen and oxygen atoms in total. The van der Waals surface area contributed by atoms with Gasteiger partial charge in [0.2, 0.25) is 0 Å². The Balaban J connectivity index is 1.74. The number of rotatable bonds is 5. The van der Waals surface area contributed by atoms with Crippen molar-refractivity contribution in [3.8, 4) is 0 Å². The number of anilines is 2. The van der Waals surface area contributed by atoms with Gasteiger partial charge in [0.15, 0.2) is 0 Å². The molecule has 0 aliphatic heterocycles. The summed E-state index contributed by atoms with van der Waals surface area (Å²) in [5.74, 6) is -0.0569. The summed E-state index contributed by atoms with van der Waals surface area (Å²) in [5.41, 5.74) is 0.976. The Kier molecular flexibility index (Phi) is 5.34. The largest absolute Gasteiger partial charge is 0.322 e. The molecule has 0 radical (unpaired) electrons. The summed E-state index contributed by atoms with van der Waals surface area (Å²) in [4.78, 5) is 16.3. The molecule has 1 aromatic heterocycles. The summed E-state index contributed by atoms with van der Waals surface area (Å²) in [7, 11) is -3.75. The van der Waals surface area contributed by atoms with E-state index in [4.69, 9.17) is 0 Å². The molecule has 0 bridgehead atoms. The Labute approximate surface area is 159 Å². The Morgan fingerprint density at radius 1 is 0.923 bits per heavy atom. The van der Waals surface area contributed by atoms with E-state index in [1.807, 2.05) is 6.07 Å². The van der Waals surface area contributed by atoms with Gasteiger partial charge in [0.05, 0.1) is 10.5 Å². The van der Waals surface area contributed by atoms with E-state index in [-0.39, 0.29) is 16.6 Å². The van der Waals surface area contributed by atoms with Crippen molar-refractivity contribution in [2.75, 3.05) is 10.0 Å². The minimum Gasteiger partial charge on any atom is -0.322 e. The van der Waals surface area contributed by atoms with Gasteiger partial charge in [-0.15, -0.1) is 0 Å². The summed E-state index contributed by atoms with van der Waals surface area (Å²) < 4.78 is 27.8. The molecule has 0 aliphatic carbocycles. The van der Waals surface area contributed by atoms with Crippen molar-refractivity contribution < 1.29 is 13.2 Å². The lowest BCUT2D eigenvalue weighted by atomic mass is 10.2. The van der Waals surface area contributed by atoms with E-state index in [2.05, 4.69) is 31.0 Å². The zero-order valence-electron chi connectivity index (χ0n) is 13.4. The predicted molar refractivity (Wildman–Crippen MR) is 104 cm³/mol. The molecule has 0 atom stereocenters. The smallest absolute Gasteiger partial charge is 0.263 e. The summed E-state index contributed by atoms with van der Waals surface area (Å²) in [6, 6.07) is 17.9. The number of pyridine rings is 1. The summed E-state index contributed by atoms with van der Waals surface area (Å²) >= 11 is 3.33. The lowest BCUT2D eigenvalue weighted by Crippen LogP contribution is -2.15. The topological polar surface area (TPSA) is 88.2 Å². The van der Waals surface area contributed by atoms with E-state index >= 15 is 0 Å². The fourth-order valence-electron chi connectivity index (χ4n) is 2.18. The number of carbonyl (C=O) groups is 1. The second kappa shape index (κ2) is 7.67. The number of hydrogen-bond acceptors (Lipinski definition) is 4. The van der Waals surface area contributed by atoms with Crippen LogP contribution in [0.5, 0.6) is 0 Å². The van der Waals surface area contributed by atoms with Crippen LogP contribution in [0.2, 0.25) is 0 Å². The SMILES string of the molecule is O=C(Nc1ccc(S(=O)(=O)Nc2ccccn2)cc1)c1ccccc1Br. The first-order valence-corrected chi connectivity index (χ1v) is 9.83. The minimum absolute atomic E-state index is 0.0713. The Bertz CT molecular complexity index is 1020. The molecule has 0 spiro atoms. The molecule has 0 aliphatic rings. The van der Waals surface area contributed by atoms with E-state index < -0.39 is 10.0 Å². The third-order valence-electron chi connectivity index (χ3n) is 3.44. The molecule has 0 saturated carbocycles. The van der Waals surface area contributed by atoms with Crippen molar-refractivity contribution >= 4 is 43.4 Å². The van der Waals surface area contributed by atoms with Crippen LogP contribution in [0.4, 0.5) is 11.5 Å². The van der Waals surface area contributed by atoms with Gasteiger partial charge in [0.1, 0.15) is 5.82 Å². The minimum atomic E-state index is -3.75. The van der Waals surface area contributed by atoms with Gasteiger partial charge in [-0.25, -0.2) is 13.4 Å². The van der Waals surface area contributed by atoms with Crippen molar-refractivity contribution in [3.05, 3.63) is 83.0 Å². The Morgan fingerprint density at radius 3 is 2.27 bits per heavy atom. The van der Waals surface area contributed by atoms with E-state index in [0.717, 1.165) is 0 Å². The Morgan fingerprint density at radius 2 is 1.62 bits per heavy atom. The maximum atomic E-state index is 12.4. The van der Waals surface area contributed by atoms with Gasteiger partial charge in [-0.2, -0.15) is 0 Å². The van der Waals surface area contributed by atoms with Crippen molar-refractivity contribution in [3.63, 3.8) is 0 Å². The van der Waals surface area contributed by atoms with Gasteiger partial charge < -0.3 is 5.32 Å². The van der Waals surface area contributed by atoms with Crippen molar-refractivity contribution in [2.24, 2.45) is 0 Å². The van der Waals surface area contributed by atoms with Crippen LogP contribution >= 0.6 is 15.9 Å². The molecule has 2 aromatic carbocycles. The number of sulfonamides is 1. The molecule has 1 amide bonds. The van der Waals surface area contributed by atoms with Crippen LogP contribution in [0.25, 0.3) is 0 Å². The standard InChI is InChI=1S/C18H14BrN3O3S/c19-16-6-2-1-5-15(16)18(23)21-13-8-10-14(11-9-13)26(24,25)22-17-7-3-4-12-20-17/h1-12H,(H,20,22)(H,21,23). The highest BCUT2D eigenvalue weighted by atomic mass is 79.9. The van der Waals surface area contributed by atoms with Crippen molar-refractivity contribution in [1.29, 1.82) is 0 Å². The number of nitrogens with one attached hydrogen (secondary N) is 2. The average molecular weight is 432 g/mol. The van der Waals surface area contributed by atoms with Crippen LogP contribution in [-0.2, 0) is 10.0 Å². The fourth-order valence-corrected chi connectivity index (χ4v) is 3.65. The van der Waals surface area contributed by atoms with Crippen LogP contribution in [0.3, 0.4) is 0 Å². The van der Waals surface area contributed by atoms with E-state index in [9.17, 15) is 13.2 Å². The normalized spacial score (nSPS) is 11.0. The third-order valence-corrected chi connectivity index (χ3v) is 5.51. The highest BCUT2D eigenvalue weighted by molar-refractivity contribution is 9.10. The summed E-state index contributed by atoms with van der Waals surface area (Å²) in [5, 5.41) is 2.73. The molecule has 3 rings (SSSR count). The summed E-state index contributed by atoms with van der Waals surface area (Å²) in [6.07, 6.45) is 1.50. The number of hydrogen-bond donors (Lipinski definition) is 2. The zero-order valence-corrected chi connectivity index (χ0v) is 15.8. The first-order valence-electron chi connectivity index (χ1n) is 7.55. The van der Waals surface area contributed by atoms with E-state index in [1.54, 1.807) is 36.4 Å². The van der Waals surface area contributed by atoms with Gasteiger partial charge in [0.25, 0.3) is 15.9 Å². The fraction of sp³-hybridized carbons (Fsp3) is 0. The maximum absolute atomic E-state index is 12.4. The van der Waals surface area contributed by atoms with Gasteiger partial charge in [0, 0.05) is 16.4 Å². The molecule has 8 heteroatoms. The van der Waals surface area contributed by atoms with Crippen LogP contribution in [-0.4, -0.2) is 19.3 Å². The number of aromatic nitrogens is 1. The predicted octanol–water partition coefficient (Wildman–Crippen LogP) is 3.90. The molecule has 26 heavy (non-hydrogen) atoms. The van der Waals surface area contributed by atoms with Crippen LogP contribution in [0.15, 0.2) is 82.3 Å². The molecule has 2 N–H and O–H groups in total. The monoisotopic (exact) mass is 431 g/mol. The van der Waals surface area contributed by atoms with Crippen molar-refractivity contribution in [1.82, 2.24) is 4.98 Å². The maximum Gasteiger partial charge on any atom is 0.263 e. The zero-order chi connectivity index (χ0) is 18.6. The molecule has 0 unspecified atom stereocenters. The first-order chi connectivity index (χ1) is 12.5. The first kappa shape index (κ1) is 18.1. The van der Waals surface area contributed by atoms with Crippen molar-refractivity contribution in [2.45, 2.75) is 4.90 Å². The molecular weight excluding hydrogens is 418 g/mol. The second-order valence-corrected chi connectivity index (χ2v) is 7.82. The highest BCUT2D eigenvalue weighted by Crippen LogP contribution is 2.20. The lowest BCUT2D eigenvalue weighted by molar-refractivity contribution is 0.102. The number of amides is 1. The molecule has 3 aromatic rings. The number of carbonyl (C=O) groups excluding carboxylic acids is 1. The highest BCUT2D eigenvalue weighted by Gasteiger charge is 2.15.